The Hall–Kier alpha value is -1.06. The normalized spacial score (nSPS) is 24.9. The van der Waals surface area contributed by atoms with Crippen LogP contribution in [0.5, 0.6) is 0 Å². The summed E-state index contributed by atoms with van der Waals surface area (Å²) in [7, 11) is 0. The first kappa shape index (κ1) is 15.0. The van der Waals surface area contributed by atoms with Crippen LogP contribution in [0.25, 0.3) is 0 Å². The molecule has 0 amide bonds. The third-order valence-electron chi connectivity index (χ3n) is 4.07. The molecule has 2 unspecified atom stereocenters. The van der Waals surface area contributed by atoms with E-state index in [0.29, 0.717) is 6.61 Å². The number of carbonyl (C=O) groups excluding carboxylic acids is 2. The maximum Gasteiger partial charge on any atom is 0.312 e. The highest BCUT2D eigenvalue weighted by Gasteiger charge is 2.46. The highest BCUT2D eigenvalue weighted by molar-refractivity contribution is 5.77. The molecule has 1 heterocycles. The van der Waals surface area contributed by atoms with Gasteiger partial charge in [-0.25, -0.2) is 0 Å². The van der Waals surface area contributed by atoms with Crippen LogP contribution >= 0.6 is 0 Å². The van der Waals surface area contributed by atoms with Gasteiger partial charge in [-0.05, 0) is 34.1 Å². The first-order chi connectivity index (χ1) is 8.12. The van der Waals surface area contributed by atoms with E-state index in [1.807, 2.05) is 41.5 Å². The number of cyclic esters (lactones) is 1. The van der Waals surface area contributed by atoms with Crippen LogP contribution in [0.2, 0.25) is 0 Å². The molecule has 0 spiro atoms. The molecule has 1 aliphatic rings. The average molecular weight is 256 g/mol. The summed E-state index contributed by atoms with van der Waals surface area (Å²) in [5, 5.41) is 0. The Morgan fingerprint density at radius 3 is 2.33 bits per heavy atom. The van der Waals surface area contributed by atoms with Gasteiger partial charge >= 0.3 is 11.9 Å². The van der Waals surface area contributed by atoms with Crippen molar-refractivity contribution < 1.29 is 19.1 Å². The summed E-state index contributed by atoms with van der Waals surface area (Å²) in [4.78, 5) is 23.5. The molecule has 0 aromatic carbocycles. The Kier molecular flexibility index (Phi) is 4.08. The Morgan fingerprint density at radius 1 is 1.39 bits per heavy atom. The van der Waals surface area contributed by atoms with E-state index in [-0.39, 0.29) is 23.8 Å². The fourth-order valence-corrected chi connectivity index (χ4v) is 2.01. The monoisotopic (exact) mass is 256 g/mol. The van der Waals surface area contributed by atoms with Crippen molar-refractivity contribution in [1.29, 1.82) is 0 Å². The zero-order valence-corrected chi connectivity index (χ0v) is 12.2. The molecule has 0 saturated carbocycles. The molecule has 0 radical (unpaired) electrons. The van der Waals surface area contributed by atoms with Gasteiger partial charge in [0.15, 0.2) is 0 Å². The smallest absolute Gasteiger partial charge is 0.312 e. The van der Waals surface area contributed by atoms with Gasteiger partial charge in [0.05, 0.1) is 17.9 Å². The van der Waals surface area contributed by atoms with Crippen LogP contribution in [-0.4, -0.2) is 24.1 Å². The molecule has 2 atom stereocenters. The molecule has 0 aromatic rings. The van der Waals surface area contributed by atoms with E-state index in [4.69, 9.17) is 9.47 Å². The van der Waals surface area contributed by atoms with Gasteiger partial charge in [-0.15, -0.1) is 0 Å². The van der Waals surface area contributed by atoms with Crippen LogP contribution in [0.3, 0.4) is 0 Å². The minimum absolute atomic E-state index is 0.0818. The lowest BCUT2D eigenvalue weighted by Gasteiger charge is -2.35. The number of carbonyl (C=O) groups is 2. The SMILES string of the molecule is CCC(C)(C)C(=O)OC(C)(C)C1COC(=O)C1C. The van der Waals surface area contributed by atoms with Gasteiger partial charge in [-0.2, -0.15) is 0 Å². The first-order valence-electron chi connectivity index (χ1n) is 6.52. The molecule has 1 rings (SSSR count). The van der Waals surface area contributed by atoms with Gasteiger partial charge < -0.3 is 9.47 Å². The molecule has 4 nitrogen and oxygen atoms in total. The summed E-state index contributed by atoms with van der Waals surface area (Å²) in [5.41, 5.74) is -1.18. The van der Waals surface area contributed by atoms with Crippen molar-refractivity contribution in [3.8, 4) is 0 Å². The molecule has 0 aliphatic carbocycles. The van der Waals surface area contributed by atoms with Gasteiger partial charge in [0.25, 0.3) is 0 Å². The lowest BCUT2D eigenvalue weighted by atomic mass is 9.82. The van der Waals surface area contributed by atoms with Crippen LogP contribution in [0, 0.1) is 17.3 Å². The van der Waals surface area contributed by atoms with Gasteiger partial charge in [-0.3, -0.25) is 9.59 Å². The van der Waals surface area contributed by atoms with Crippen molar-refractivity contribution in [2.24, 2.45) is 17.3 Å². The number of hydrogen-bond donors (Lipinski definition) is 0. The van der Waals surface area contributed by atoms with Gasteiger partial charge in [0.2, 0.25) is 0 Å². The molecule has 0 aromatic heterocycles. The summed E-state index contributed by atoms with van der Waals surface area (Å²) in [6.07, 6.45) is 0.720. The predicted molar refractivity (Wildman–Crippen MR) is 67.9 cm³/mol. The van der Waals surface area contributed by atoms with Gasteiger partial charge in [0, 0.05) is 5.92 Å². The van der Waals surface area contributed by atoms with E-state index >= 15 is 0 Å². The molecule has 0 N–H and O–H groups in total. The summed E-state index contributed by atoms with van der Waals surface area (Å²) in [5.74, 6) is -0.737. The van der Waals surface area contributed by atoms with E-state index in [1.54, 1.807) is 0 Å². The van der Waals surface area contributed by atoms with E-state index in [2.05, 4.69) is 0 Å². The van der Waals surface area contributed by atoms with Gasteiger partial charge in [0.1, 0.15) is 5.60 Å². The van der Waals surface area contributed by atoms with Gasteiger partial charge in [-0.1, -0.05) is 13.8 Å². The Morgan fingerprint density at radius 2 is 1.94 bits per heavy atom. The summed E-state index contributed by atoms with van der Waals surface area (Å²) in [6.45, 7) is 11.5. The number of esters is 2. The van der Waals surface area contributed by atoms with Crippen LogP contribution in [0.15, 0.2) is 0 Å². The van der Waals surface area contributed by atoms with Crippen molar-refractivity contribution in [1.82, 2.24) is 0 Å². The third-order valence-corrected chi connectivity index (χ3v) is 4.07. The van der Waals surface area contributed by atoms with Crippen molar-refractivity contribution in [2.45, 2.75) is 53.6 Å². The number of hydrogen-bond acceptors (Lipinski definition) is 4. The van der Waals surface area contributed by atoms with Crippen molar-refractivity contribution in [2.75, 3.05) is 6.61 Å². The highest BCUT2D eigenvalue weighted by atomic mass is 16.6. The first-order valence-corrected chi connectivity index (χ1v) is 6.52. The Bertz CT molecular complexity index is 344. The zero-order valence-electron chi connectivity index (χ0n) is 12.2. The molecule has 1 fully saturated rings. The van der Waals surface area contributed by atoms with E-state index < -0.39 is 11.0 Å². The Balaban J connectivity index is 2.76. The topological polar surface area (TPSA) is 52.6 Å². The fourth-order valence-electron chi connectivity index (χ4n) is 2.01. The molecule has 104 valence electrons. The second kappa shape index (κ2) is 4.90. The van der Waals surface area contributed by atoms with Crippen LogP contribution < -0.4 is 0 Å². The molecule has 1 saturated heterocycles. The fraction of sp³-hybridized carbons (Fsp3) is 0.857. The number of ether oxygens (including phenoxy) is 2. The van der Waals surface area contributed by atoms with Crippen molar-refractivity contribution in [3.05, 3.63) is 0 Å². The predicted octanol–water partition coefficient (Wildman–Crippen LogP) is 2.55. The van der Waals surface area contributed by atoms with E-state index in [9.17, 15) is 9.59 Å². The van der Waals surface area contributed by atoms with Crippen LogP contribution in [0.1, 0.15) is 48.0 Å². The lowest BCUT2D eigenvalue weighted by molar-refractivity contribution is -0.174. The summed E-state index contributed by atoms with van der Waals surface area (Å²) in [6, 6.07) is 0. The highest BCUT2D eigenvalue weighted by Crippen LogP contribution is 2.36. The third kappa shape index (κ3) is 2.85. The van der Waals surface area contributed by atoms with Crippen molar-refractivity contribution >= 4 is 11.9 Å². The van der Waals surface area contributed by atoms with Crippen LogP contribution in [0.4, 0.5) is 0 Å². The number of rotatable bonds is 4. The Labute approximate surface area is 109 Å². The maximum atomic E-state index is 12.1. The maximum absolute atomic E-state index is 12.1. The summed E-state index contributed by atoms with van der Waals surface area (Å²) < 4.78 is 10.7. The average Bonchev–Trinajstić information content (AvgIpc) is 2.59. The van der Waals surface area contributed by atoms with Crippen molar-refractivity contribution in [3.63, 3.8) is 0 Å². The van der Waals surface area contributed by atoms with E-state index in [1.165, 1.54) is 0 Å². The molecular formula is C14H24O4. The minimum Gasteiger partial charge on any atom is -0.465 e. The molecule has 0 bridgehead atoms. The summed E-state index contributed by atoms with van der Waals surface area (Å²) >= 11 is 0. The lowest BCUT2D eigenvalue weighted by Crippen LogP contribution is -2.43. The minimum atomic E-state index is -0.685. The quantitative estimate of drug-likeness (QED) is 0.725. The largest absolute Gasteiger partial charge is 0.465 e. The van der Waals surface area contributed by atoms with E-state index in [0.717, 1.165) is 6.42 Å². The second-order valence-electron chi connectivity index (χ2n) is 6.26. The molecule has 1 aliphatic heterocycles. The molecular weight excluding hydrogens is 232 g/mol. The molecule has 18 heavy (non-hydrogen) atoms. The standard InChI is InChI=1S/C14H24O4/c1-7-13(3,4)12(16)18-14(5,6)10-8-17-11(15)9(10)2/h9-10H,7-8H2,1-6H3. The zero-order chi connectivity index (χ0) is 14.1. The van der Waals surface area contributed by atoms with Crippen LogP contribution in [-0.2, 0) is 19.1 Å². The second-order valence-corrected chi connectivity index (χ2v) is 6.26. The molecule has 4 heteroatoms.